The maximum atomic E-state index is 3.34. The summed E-state index contributed by atoms with van der Waals surface area (Å²) >= 11 is 1.88. The molecule has 1 nitrogen and oxygen atoms in total. The van der Waals surface area contributed by atoms with Crippen molar-refractivity contribution < 1.29 is 0 Å². The Labute approximate surface area is 85.2 Å². The van der Waals surface area contributed by atoms with Gasteiger partial charge in [0.25, 0.3) is 0 Å². The lowest BCUT2D eigenvalue weighted by Crippen LogP contribution is -2.24. The van der Waals surface area contributed by atoms with Crippen molar-refractivity contribution in [1.29, 1.82) is 0 Å². The van der Waals surface area contributed by atoms with Crippen molar-refractivity contribution in [2.75, 3.05) is 7.05 Å². The number of thiophene rings is 1. The van der Waals surface area contributed by atoms with Gasteiger partial charge in [-0.3, -0.25) is 0 Å². The van der Waals surface area contributed by atoms with Crippen LogP contribution in [-0.2, 0) is 6.42 Å². The van der Waals surface area contributed by atoms with Gasteiger partial charge in [-0.2, -0.15) is 0 Å². The van der Waals surface area contributed by atoms with Gasteiger partial charge in [-0.1, -0.05) is 6.92 Å². The Bertz CT molecular complexity index is 238. The van der Waals surface area contributed by atoms with E-state index in [4.69, 9.17) is 0 Å². The predicted octanol–water partition coefficient (Wildman–Crippen LogP) is 2.99. The summed E-state index contributed by atoms with van der Waals surface area (Å²) in [6, 6.07) is 2.89. The van der Waals surface area contributed by atoms with Crippen molar-refractivity contribution in [3.05, 3.63) is 21.9 Å². The van der Waals surface area contributed by atoms with Crippen molar-refractivity contribution in [3.63, 3.8) is 0 Å². The summed E-state index contributed by atoms with van der Waals surface area (Å²) in [6.45, 7) is 4.44. The van der Waals surface area contributed by atoms with Crippen LogP contribution in [0, 0.1) is 6.92 Å². The molecule has 0 saturated carbocycles. The first-order valence-electron chi connectivity index (χ1n) is 4.98. The Balaban J connectivity index is 2.38. The molecule has 0 aliphatic heterocycles. The van der Waals surface area contributed by atoms with Gasteiger partial charge in [0.15, 0.2) is 0 Å². The molecule has 1 unspecified atom stereocenters. The van der Waals surface area contributed by atoms with E-state index >= 15 is 0 Å². The lowest BCUT2D eigenvalue weighted by molar-refractivity contribution is 0.510. The van der Waals surface area contributed by atoms with Gasteiger partial charge < -0.3 is 5.32 Å². The third-order valence-electron chi connectivity index (χ3n) is 2.59. The summed E-state index contributed by atoms with van der Waals surface area (Å²) in [4.78, 5) is 1.55. The van der Waals surface area contributed by atoms with Crippen molar-refractivity contribution >= 4 is 11.3 Å². The van der Waals surface area contributed by atoms with Crippen LogP contribution in [0.2, 0.25) is 0 Å². The third kappa shape index (κ3) is 3.12. The maximum absolute atomic E-state index is 3.34. The fraction of sp³-hybridized carbons (Fsp3) is 0.636. The quantitative estimate of drug-likeness (QED) is 0.765. The summed E-state index contributed by atoms with van der Waals surface area (Å²) in [6.07, 6.45) is 3.71. The van der Waals surface area contributed by atoms with E-state index in [0.29, 0.717) is 6.04 Å². The molecule has 0 bridgehead atoms. The van der Waals surface area contributed by atoms with Gasteiger partial charge in [0.05, 0.1) is 0 Å². The van der Waals surface area contributed by atoms with Crippen LogP contribution >= 0.6 is 11.3 Å². The molecular weight excluding hydrogens is 178 g/mol. The highest BCUT2D eigenvalue weighted by molar-refractivity contribution is 7.10. The zero-order chi connectivity index (χ0) is 9.68. The summed E-state index contributed by atoms with van der Waals surface area (Å²) in [7, 11) is 2.05. The van der Waals surface area contributed by atoms with Gasteiger partial charge in [0.2, 0.25) is 0 Å². The molecule has 0 aliphatic rings. The number of nitrogens with one attached hydrogen (secondary N) is 1. The minimum Gasteiger partial charge on any atom is -0.317 e. The number of hydrogen-bond donors (Lipinski definition) is 1. The largest absolute Gasteiger partial charge is 0.317 e. The molecule has 1 atom stereocenters. The second-order valence-electron chi connectivity index (χ2n) is 3.46. The van der Waals surface area contributed by atoms with Crippen LogP contribution < -0.4 is 5.32 Å². The molecule has 13 heavy (non-hydrogen) atoms. The molecule has 1 N–H and O–H groups in total. The van der Waals surface area contributed by atoms with Crippen LogP contribution in [0.3, 0.4) is 0 Å². The lowest BCUT2D eigenvalue weighted by atomic mass is 10.1. The molecule has 0 amide bonds. The SMILES string of the molecule is CCC(CCc1sccc1C)NC. The third-order valence-corrected chi connectivity index (χ3v) is 3.67. The Kier molecular flexibility index (Phi) is 4.46. The normalized spacial score (nSPS) is 13.2. The van der Waals surface area contributed by atoms with Gasteiger partial charge in [-0.05, 0) is 50.2 Å². The molecular formula is C11H19NS. The van der Waals surface area contributed by atoms with E-state index in [2.05, 4.69) is 37.7 Å². The van der Waals surface area contributed by atoms with Crippen molar-refractivity contribution in [3.8, 4) is 0 Å². The molecule has 0 fully saturated rings. The molecule has 1 aromatic heterocycles. The summed E-state index contributed by atoms with van der Waals surface area (Å²) < 4.78 is 0. The first-order chi connectivity index (χ1) is 6.27. The molecule has 0 spiro atoms. The van der Waals surface area contributed by atoms with E-state index < -0.39 is 0 Å². The Hall–Kier alpha value is -0.340. The van der Waals surface area contributed by atoms with Gasteiger partial charge in [0, 0.05) is 10.9 Å². The highest BCUT2D eigenvalue weighted by Gasteiger charge is 2.05. The number of aryl methyl sites for hydroxylation is 2. The van der Waals surface area contributed by atoms with E-state index in [-0.39, 0.29) is 0 Å². The average molecular weight is 197 g/mol. The van der Waals surface area contributed by atoms with Crippen molar-refractivity contribution in [2.45, 2.75) is 39.2 Å². The number of hydrogen-bond acceptors (Lipinski definition) is 2. The average Bonchev–Trinajstić information content (AvgIpc) is 2.54. The van der Waals surface area contributed by atoms with Gasteiger partial charge >= 0.3 is 0 Å². The van der Waals surface area contributed by atoms with Crippen molar-refractivity contribution in [2.24, 2.45) is 0 Å². The van der Waals surface area contributed by atoms with E-state index in [0.717, 1.165) is 0 Å². The molecule has 0 saturated heterocycles. The smallest absolute Gasteiger partial charge is 0.00749 e. The molecule has 2 heteroatoms. The monoisotopic (exact) mass is 197 g/mol. The summed E-state index contributed by atoms with van der Waals surface area (Å²) in [5.74, 6) is 0. The van der Waals surface area contributed by atoms with Crippen LogP contribution in [0.15, 0.2) is 11.4 Å². The lowest BCUT2D eigenvalue weighted by Gasteiger charge is -2.12. The van der Waals surface area contributed by atoms with Crippen LogP contribution in [0.1, 0.15) is 30.2 Å². The van der Waals surface area contributed by atoms with Crippen molar-refractivity contribution in [1.82, 2.24) is 5.32 Å². The zero-order valence-corrected chi connectivity index (χ0v) is 9.58. The molecule has 0 radical (unpaired) electrons. The van der Waals surface area contributed by atoms with Crippen LogP contribution in [-0.4, -0.2) is 13.1 Å². The minimum absolute atomic E-state index is 0.682. The highest BCUT2D eigenvalue weighted by atomic mass is 32.1. The second-order valence-corrected chi connectivity index (χ2v) is 4.46. The topological polar surface area (TPSA) is 12.0 Å². The second kappa shape index (κ2) is 5.40. The predicted molar refractivity (Wildman–Crippen MR) is 60.5 cm³/mol. The van der Waals surface area contributed by atoms with Gasteiger partial charge in [-0.25, -0.2) is 0 Å². The summed E-state index contributed by atoms with van der Waals surface area (Å²) in [5.41, 5.74) is 1.45. The zero-order valence-electron chi connectivity index (χ0n) is 8.76. The Morgan fingerprint density at radius 3 is 2.77 bits per heavy atom. The standard InChI is InChI=1S/C11H19NS/c1-4-10(12-3)5-6-11-9(2)7-8-13-11/h7-8,10,12H,4-6H2,1-3H3. The van der Waals surface area contributed by atoms with E-state index in [1.807, 2.05) is 11.3 Å². The first-order valence-corrected chi connectivity index (χ1v) is 5.86. The molecule has 1 heterocycles. The van der Waals surface area contributed by atoms with Gasteiger partial charge in [0.1, 0.15) is 0 Å². The Morgan fingerprint density at radius 2 is 2.31 bits per heavy atom. The molecule has 1 aromatic rings. The minimum atomic E-state index is 0.682. The van der Waals surface area contributed by atoms with E-state index in [1.54, 1.807) is 4.88 Å². The van der Waals surface area contributed by atoms with Gasteiger partial charge in [-0.15, -0.1) is 11.3 Å². The molecule has 0 aliphatic carbocycles. The summed E-state index contributed by atoms with van der Waals surface area (Å²) in [5, 5.41) is 5.52. The molecule has 74 valence electrons. The molecule has 1 rings (SSSR count). The van der Waals surface area contributed by atoms with Crippen LogP contribution in [0.25, 0.3) is 0 Å². The van der Waals surface area contributed by atoms with E-state index in [9.17, 15) is 0 Å². The van der Waals surface area contributed by atoms with Crippen LogP contribution in [0.4, 0.5) is 0 Å². The number of rotatable bonds is 5. The van der Waals surface area contributed by atoms with Crippen LogP contribution in [0.5, 0.6) is 0 Å². The Morgan fingerprint density at radius 1 is 1.54 bits per heavy atom. The molecule has 0 aromatic carbocycles. The fourth-order valence-corrected chi connectivity index (χ4v) is 2.44. The van der Waals surface area contributed by atoms with E-state index in [1.165, 1.54) is 24.8 Å². The fourth-order valence-electron chi connectivity index (χ4n) is 1.52. The first kappa shape index (κ1) is 10.7. The maximum Gasteiger partial charge on any atom is 0.00749 e. The highest BCUT2D eigenvalue weighted by Crippen LogP contribution is 2.18.